The van der Waals surface area contributed by atoms with Gasteiger partial charge in [0.15, 0.2) is 0 Å². The molecule has 32 heavy (non-hydrogen) atoms. The highest BCUT2D eigenvalue weighted by atomic mass is 32.2. The monoisotopic (exact) mass is 494 g/mol. The van der Waals surface area contributed by atoms with Gasteiger partial charge in [0.25, 0.3) is 0 Å². The van der Waals surface area contributed by atoms with E-state index >= 15 is 0 Å². The zero-order valence-electron chi connectivity index (χ0n) is 17.5. The molecule has 0 fully saturated rings. The molecule has 15 heteroatoms. The van der Waals surface area contributed by atoms with Crippen LogP contribution < -0.4 is 33.2 Å². The first-order chi connectivity index (χ1) is 14.9. The minimum absolute atomic E-state index is 0.0347. The Kier molecular flexibility index (Phi) is 14.1. The summed E-state index contributed by atoms with van der Waals surface area (Å²) in [4.78, 5) is 71.2. The average molecular weight is 495 g/mol. The van der Waals surface area contributed by atoms with Crippen LogP contribution in [0.4, 0.5) is 0 Å². The van der Waals surface area contributed by atoms with E-state index in [1.165, 1.54) is 11.8 Å². The second kappa shape index (κ2) is 15.3. The first-order valence-corrected chi connectivity index (χ1v) is 11.5. The number of hydrogen-bond acceptors (Lipinski definition) is 9. The fourth-order valence-corrected chi connectivity index (χ4v) is 3.00. The van der Waals surface area contributed by atoms with E-state index in [4.69, 9.17) is 17.2 Å². The van der Waals surface area contributed by atoms with Crippen LogP contribution in [0.2, 0.25) is 0 Å². The van der Waals surface area contributed by atoms with Crippen molar-refractivity contribution in [3.8, 4) is 0 Å². The average Bonchev–Trinajstić information content (AvgIpc) is 2.71. The van der Waals surface area contributed by atoms with Gasteiger partial charge in [-0.3, -0.25) is 24.0 Å². The number of carbonyl (C=O) groups excluding carboxylic acids is 5. The quantitative estimate of drug-likeness (QED) is 0.1000. The molecule has 0 aromatic rings. The molecule has 0 saturated heterocycles. The molecule has 4 unspecified atom stereocenters. The van der Waals surface area contributed by atoms with E-state index in [0.29, 0.717) is 5.75 Å². The predicted octanol–water partition coefficient (Wildman–Crippen LogP) is -3.32. The molecule has 4 atom stereocenters. The molecule has 10 N–H and O–H groups in total. The van der Waals surface area contributed by atoms with E-state index in [2.05, 4.69) is 28.6 Å². The van der Waals surface area contributed by atoms with Crippen molar-refractivity contribution in [1.82, 2.24) is 16.0 Å². The summed E-state index contributed by atoms with van der Waals surface area (Å²) in [6, 6.07) is -5.11. The molecule has 0 heterocycles. The van der Waals surface area contributed by atoms with Gasteiger partial charge >= 0.3 is 5.97 Å². The normalized spacial score (nSPS) is 14.3. The molecule has 0 radical (unpaired) electrons. The summed E-state index contributed by atoms with van der Waals surface area (Å²) in [5.74, 6) is -5.12. The second-order valence-corrected chi connectivity index (χ2v) is 8.12. The van der Waals surface area contributed by atoms with Gasteiger partial charge in [0.05, 0.1) is 12.5 Å². The Morgan fingerprint density at radius 2 is 1.41 bits per heavy atom. The molecule has 0 rings (SSSR count). The maximum atomic E-state index is 12.7. The first kappa shape index (κ1) is 29.5. The Hall–Kier alpha value is -2.52. The van der Waals surface area contributed by atoms with Crippen molar-refractivity contribution in [2.45, 2.75) is 49.9 Å². The van der Waals surface area contributed by atoms with Crippen molar-refractivity contribution in [2.75, 3.05) is 17.8 Å². The molecule has 0 aliphatic heterocycles. The van der Waals surface area contributed by atoms with Crippen molar-refractivity contribution < 1.29 is 33.9 Å². The van der Waals surface area contributed by atoms with Crippen molar-refractivity contribution in [1.29, 1.82) is 0 Å². The number of thioether (sulfide) groups is 1. The molecule has 0 saturated carbocycles. The van der Waals surface area contributed by atoms with Gasteiger partial charge in [0.1, 0.15) is 18.1 Å². The van der Waals surface area contributed by atoms with Gasteiger partial charge in [0, 0.05) is 12.2 Å². The zero-order valence-corrected chi connectivity index (χ0v) is 19.2. The molecule has 0 aromatic heterocycles. The zero-order chi connectivity index (χ0) is 24.8. The number of rotatable bonds is 16. The van der Waals surface area contributed by atoms with Gasteiger partial charge in [-0.15, -0.1) is 0 Å². The third kappa shape index (κ3) is 11.8. The number of thiol groups is 1. The Balaban J connectivity index is 5.51. The van der Waals surface area contributed by atoms with Gasteiger partial charge in [-0.25, -0.2) is 4.79 Å². The molecular weight excluding hydrogens is 464 g/mol. The van der Waals surface area contributed by atoms with E-state index < -0.39 is 66.1 Å². The second-order valence-electron chi connectivity index (χ2n) is 6.77. The Morgan fingerprint density at radius 3 is 1.88 bits per heavy atom. The van der Waals surface area contributed by atoms with Crippen LogP contribution in [0, 0.1) is 0 Å². The predicted molar refractivity (Wildman–Crippen MR) is 120 cm³/mol. The molecule has 182 valence electrons. The van der Waals surface area contributed by atoms with Gasteiger partial charge in [-0.1, -0.05) is 0 Å². The van der Waals surface area contributed by atoms with Crippen LogP contribution in [0.25, 0.3) is 0 Å². The molecular formula is C17H30N6O7S2. The molecule has 0 aromatic carbocycles. The summed E-state index contributed by atoms with van der Waals surface area (Å²) < 4.78 is 0. The molecule has 5 amide bonds. The lowest BCUT2D eigenvalue weighted by Gasteiger charge is -2.24. The lowest BCUT2D eigenvalue weighted by Crippen LogP contribution is -2.58. The van der Waals surface area contributed by atoms with Crippen LogP contribution in [0.5, 0.6) is 0 Å². The lowest BCUT2D eigenvalue weighted by molar-refractivity contribution is -0.142. The van der Waals surface area contributed by atoms with Crippen LogP contribution in [-0.2, 0) is 28.8 Å². The van der Waals surface area contributed by atoms with Crippen LogP contribution >= 0.6 is 24.4 Å². The Morgan fingerprint density at radius 1 is 0.875 bits per heavy atom. The molecule has 0 aliphatic carbocycles. The van der Waals surface area contributed by atoms with E-state index in [0.717, 1.165) is 0 Å². The van der Waals surface area contributed by atoms with E-state index in [-0.39, 0.29) is 25.0 Å². The van der Waals surface area contributed by atoms with Crippen molar-refractivity contribution in [2.24, 2.45) is 17.2 Å². The summed E-state index contributed by atoms with van der Waals surface area (Å²) in [5, 5.41) is 16.1. The highest BCUT2D eigenvalue weighted by Gasteiger charge is 2.31. The topological polar surface area (TPSA) is 237 Å². The first-order valence-electron chi connectivity index (χ1n) is 9.48. The van der Waals surface area contributed by atoms with Gasteiger partial charge in [0.2, 0.25) is 29.5 Å². The van der Waals surface area contributed by atoms with Crippen molar-refractivity contribution >= 4 is 59.9 Å². The number of carboxylic acid groups (broad SMARTS) is 1. The van der Waals surface area contributed by atoms with Crippen LogP contribution in [0.1, 0.15) is 25.7 Å². The number of amides is 5. The molecule has 0 spiro atoms. The smallest absolute Gasteiger partial charge is 0.326 e. The van der Waals surface area contributed by atoms with Crippen LogP contribution in [0.15, 0.2) is 0 Å². The SMILES string of the molecule is CSCCC(NC(=O)C(CCC(N)=O)NC(=O)C(CC(N)=O)NC(=O)C(N)CS)C(=O)O. The number of carboxylic acids is 1. The van der Waals surface area contributed by atoms with E-state index in [1.807, 2.05) is 0 Å². The fourth-order valence-electron chi connectivity index (χ4n) is 2.37. The summed E-state index contributed by atoms with van der Waals surface area (Å²) in [6.07, 6.45) is 0.768. The van der Waals surface area contributed by atoms with Crippen molar-refractivity contribution in [3.05, 3.63) is 0 Å². The maximum absolute atomic E-state index is 12.7. The largest absolute Gasteiger partial charge is 0.480 e. The van der Waals surface area contributed by atoms with Gasteiger partial charge < -0.3 is 38.3 Å². The molecule has 0 bridgehead atoms. The minimum atomic E-state index is -1.46. The number of carbonyl (C=O) groups is 6. The molecule has 0 aliphatic rings. The van der Waals surface area contributed by atoms with E-state index in [1.54, 1.807) is 6.26 Å². The summed E-state index contributed by atoms with van der Waals surface area (Å²) >= 11 is 5.26. The highest BCUT2D eigenvalue weighted by Crippen LogP contribution is 2.05. The van der Waals surface area contributed by atoms with Crippen molar-refractivity contribution in [3.63, 3.8) is 0 Å². The summed E-state index contributed by atoms with van der Waals surface area (Å²) in [5.41, 5.74) is 15.8. The number of aliphatic carboxylic acids is 1. The lowest BCUT2D eigenvalue weighted by atomic mass is 10.1. The van der Waals surface area contributed by atoms with Gasteiger partial charge in [-0.2, -0.15) is 24.4 Å². The number of nitrogens with two attached hydrogens (primary N) is 3. The third-order valence-electron chi connectivity index (χ3n) is 4.11. The third-order valence-corrected chi connectivity index (χ3v) is 5.15. The van der Waals surface area contributed by atoms with Gasteiger partial charge in [-0.05, 0) is 24.9 Å². The number of primary amides is 2. The maximum Gasteiger partial charge on any atom is 0.326 e. The van der Waals surface area contributed by atoms with E-state index in [9.17, 15) is 33.9 Å². The standard InChI is InChI=1S/C17H30N6O7S2/c1-32-5-4-10(17(29)30)22-15(27)9(2-3-12(19)24)21-16(28)11(6-13(20)25)23-14(26)8(18)7-31/h8-11,31H,2-7,18H2,1H3,(H2,19,24)(H2,20,25)(H,21,28)(H,22,27)(H,23,26)(H,29,30). The number of hydrogen-bond donors (Lipinski definition) is 8. The Labute approximate surface area is 194 Å². The Bertz CT molecular complexity index is 709. The molecule has 13 nitrogen and oxygen atoms in total. The fraction of sp³-hybridized carbons (Fsp3) is 0.647. The van der Waals surface area contributed by atoms with Crippen LogP contribution in [-0.4, -0.2) is 82.5 Å². The number of nitrogens with one attached hydrogen (secondary N) is 3. The summed E-state index contributed by atoms with van der Waals surface area (Å²) in [7, 11) is 0. The van der Waals surface area contributed by atoms with Crippen LogP contribution in [0.3, 0.4) is 0 Å². The summed E-state index contributed by atoms with van der Waals surface area (Å²) in [6.45, 7) is 0. The highest BCUT2D eigenvalue weighted by molar-refractivity contribution is 7.98. The minimum Gasteiger partial charge on any atom is -0.480 e.